The maximum atomic E-state index is 11.6. The van der Waals surface area contributed by atoms with Crippen LogP contribution in [0.25, 0.3) is 0 Å². The van der Waals surface area contributed by atoms with Crippen LogP contribution in [-0.2, 0) is 11.2 Å². The van der Waals surface area contributed by atoms with Gasteiger partial charge in [0, 0.05) is 11.5 Å². The van der Waals surface area contributed by atoms with Crippen LogP contribution < -0.4 is 0 Å². The normalized spacial score (nSPS) is 30.1. The number of nitrogens with zero attached hydrogens (tertiary/aromatic N) is 1. The molecular formula is C27H37NO. The smallest absolute Gasteiger partial charge is 0.129 e. The van der Waals surface area contributed by atoms with E-state index in [0.717, 1.165) is 49.7 Å². The summed E-state index contributed by atoms with van der Waals surface area (Å²) in [6, 6.07) is 11.5. The Hall–Kier alpha value is -1.88. The Morgan fingerprint density at radius 2 is 1.66 bits per heavy atom. The molecule has 2 saturated carbocycles. The summed E-state index contributed by atoms with van der Waals surface area (Å²) >= 11 is 0. The molecule has 0 atom stereocenters. The Morgan fingerprint density at radius 1 is 1.00 bits per heavy atom. The molecule has 0 heterocycles. The van der Waals surface area contributed by atoms with Gasteiger partial charge in [-0.1, -0.05) is 50.1 Å². The molecule has 0 aromatic heterocycles. The number of aryl methyl sites for hydroxylation is 1. The number of benzene rings is 1. The van der Waals surface area contributed by atoms with Crippen LogP contribution in [0, 0.1) is 28.6 Å². The Labute approximate surface area is 177 Å². The van der Waals surface area contributed by atoms with Crippen LogP contribution in [0.4, 0.5) is 0 Å². The Kier molecular flexibility index (Phi) is 8.10. The zero-order chi connectivity index (χ0) is 20.5. The number of hydrogen-bond acceptors (Lipinski definition) is 2. The highest BCUT2D eigenvalue weighted by Gasteiger charge is 2.37. The molecule has 1 aromatic rings. The molecule has 2 heteroatoms. The van der Waals surface area contributed by atoms with Crippen molar-refractivity contribution in [3.05, 3.63) is 47.5 Å². The van der Waals surface area contributed by atoms with E-state index in [0.29, 0.717) is 0 Å². The highest BCUT2D eigenvalue weighted by molar-refractivity contribution is 5.63. The molecule has 0 spiro atoms. The molecule has 156 valence electrons. The molecule has 0 N–H and O–H groups in total. The highest BCUT2D eigenvalue weighted by Crippen LogP contribution is 2.47. The van der Waals surface area contributed by atoms with Gasteiger partial charge in [-0.15, -0.1) is 0 Å². The third kappa shape index (κ3) is 5.81. The van der Waals surface area contributed by atoms with Crippen LogP contribution in [0.2, 0.25) is 0 Å². The lowest BCUT2D eigenvalue weighted by Gasteiger charge is -2.40. The van der Waals surface area contributed by atoms with E-state index in [9.17, 15) is 4.79 Å². The zero-order valence-corrected chi connectivity index (χ0v) is 18.1. The summed E-state index contributed by atoms with van der Waals surface area (Å²) in [5, 5.41) is 8.79. The van der Waals surface area contributed by atoms with Gasteiger partial charge in [0.25, 0.3) is 0 Å². The van der Waals surface area contributed by atoms with E-state index in [1.807, 2.05) is 12.1 Å². The van der Waals surface area contributed by atoms with Crippen molar-refractivity contribution in [2.45, 2.75) is 89.9 Å². The van der Waals surface area contributed by atoms with Crippen molar-refractivity contribution in [2.24, 2.45) is 17.3 Å². The van der Waals surface area contributed by atoms with Crippen molar-refractivity contribution in [3.63, 3.8) is 0 Å². The first-order valence-electron chi connectivity index (χ1n) is 11.8. The second-order valence-electron chi connectivity index (χ2n) is 9.46. The fourth-order valence-corrected chi connectivity index (χ4v) is 5.64. The number of carbonyl (C=O) groups excluding carboxylic acids is 1. The van der Waals surface area contributed by atoms with E-state index < -0.39 is 0 Å². The second-order valence-corrected chi connectivity index (χ2v) is 9.46. The van der Waals surface area contributed by atoms with Gasteiger partial charge in [-0.2, -0.15) is 5.26 Å². The van der Waals surface area contributed by atoms with Gasteiger partial charge in [0.05, 0.1) is 6.07 Å². The molecule has 2 aliphatic rings. The average molecular weight is 392 g/mol. The molecule has 3 rings (SSSR count). The minimum atomic E-state index is -0.373. The largest absolute Gasteiger partial charge is 0.302 e. The predicted molar refractivity (Wildman–Crippen MR) is 120 cm³/mol. The lowest BCUT2D eigenvalue weighted by molar-refractivity contribution is -0.116. The van der Waals surface area contributed by atoms with Gasteiger partial charge in [-0.25, -0.2) is 0 Å². The van der Waals surface area contributed by atoms with Gasteiger partial charge in [0.1, 0.15) is 6.29 Å². The zero-order valence-electron chi connectivity index (χ0n) is 18.1. The molecule has 0 saturated heterocycles. The number of carbonyl (C=O) groups is 1. The molecule has 0 aliphatic heterocycles. The molecule has 2 fully saturated rings. The van der Waals surface area contributed by atoms with E-state index in [2.05, 4.69) is 31.2 Å². The molecule has 0 radical (unpaired) electrons. The van der Waals surface area contributed by atoms with Crippen LogP contribution in [-0.4, -0.2) is 6.29 Å². The third-order valence-corrected chi connectivity index (χ3v) is 7.64. The van der Waals surface area contributed by atoms with Crippen LogP contribution >= 0.6 is 0 Å². The van der Waals surface area contributed by atoms with Crippen molar-refractivity contribution in [3.8, 4) is 6.07 Å². The minimum absolute atomic E-state index is 0.373. The maximum absolute atomic E-state index is 11.6. The summed E-state index contributed by atoms with van der Waals surface area (Å²) < 4.78 is 0. The molecule has 29 heavy (non-hydrogen) atoms. The molecular weight excluding hydrogens is 354 g/mol. The predicted octanol–water partition coefficient (Wildman–Crippen LogP) is 7.15. The van der Waals surface area contributed by atoms with Crippen LogP contribution in [0.5, 0.6) is 0 Å². The van der Waals surface area contributed by atoms with E-state index in [1.165, 1.54) is 68.6 Å². The lowest BCUT2D eigenvalue weighted by atomic mass is 9.64. The highest BCUT2D eigenvalue weighted by atomic mass is 16.1. The van der Waals surface area contributed by atoms with Crippen molar-refractivity contribution in [1.82, 2.24) is 0 Å². The van der Waals surface area contributed by atoms with Gasteiger partial charge < -0.3 is 4.79 Å². The monoisotopic (exact) mass is 391 g/mol. The second kappa shape index (κ2) is 10.8. The molecule has 2 aliphatic carbocycles. The molecule has 0 unspecified atom stereocenters. The molecule has 0 amide bonds. The van der Waals surface area contributed by atoms with Gasteiger partial charge in [-0.3, -0.25) is 0 Å². The number of aldehydes is 1. The van der Waals surface area contributed by atoms with E-state index >= 15 is 0 Å². The number of allylic oxidation sites excluding steroid dienone is 2. The van der Waals surface area contributed by atoms with Crippen molar-refractivity contribution < 1.29 is 4.79 Å². The first kappa shape index (κ1) is 21.8. The summed E-state index contributed by atoms with van der Waals surface area (Å²) in [4.78, 5) is 11.6. The van der Waals surface area contributed by atoms with Crippen LogP contribution in [0.3, 0.4) is 0 Å². The van der Waals surface area contributed by atoms with Crippen LogP contribution in [0.1, 0.15) is 94.6 Å². The molecule has 1 aromatic carbocycles. The number of unbranched alkanes of at least 4 members (excludes halogenated alkanes) is 2. The topological polar surface area (TPSA) is 40.9 Å². The van der Waals surface area contributed by atoms with Crippen molar-refractivity contribution in [1.29, 1.82) is 5.26 Å². The van der Waals surface area contributed by atoms with Gasteiger partial charge in [0.15, 0.2) is 0 Å². The first-order valence-corrected chi connectivity index (χ1v) is 11.8. The number of nitriles is 1. The number of hydrogen-bond donors (Lipinski definition) is 0. The number of rotatable bonds is 8. The molecule has 2 nitrogen and oxygen atoms in total. The Bertz CT molecular complexity index is 695. The van der Waals surface area contributed by atoms with Gasteiger partial charge in [-0.05, 0) is 93.1 Å². The van der Waals surface area contributed by atoms with Crippen LogP contribution in [0.15, 0.2) is 36.4 Å². The maximum Gasteiger partial charge on any atom is 0.129 e. The lowest BCUT2D eigenvalue weighted by Crippen LogP contribution is -2.31. The van der Waals surface area contributed by atoms with Gasteiger partial charge >= 0.3 is 0 Å². The fraction of sp³-hybridized carbons (Fsp3) is 0.630. The van der Waals surface area contributed by atoms with Crippen molar-refractivity contribution >= 4 is 6.29 Å². The summed E-state index contributed by atoms with van der Waals surface area (Å²) in [6.45, 7) is 2.26. The quantitative estimate of drug-likeness (QED) is 0.268. The van der Waals surface area contributed by atoms with E-state index in [4.69, 9.17) is 5.26 Å². The van der Waals surface area contributed by atoms with E-state index in [-0.39, 0.29) is 5.41 Å². The third-order valence-electron chi connectivity index (χ3n) is 7.64. The van der Waals surface area contributed by atoms with Gasteiger partial charge in [0.2, 0.25) is 0 Å². The SMILES string of the molecule is CCCCCc1ccc(C2CCC(C3CCC(C=O)(C=CC#N)CC3)CC2)cc1. The fourth-order valence-electron chi connectivity index (χ4n) is 5.64. The minimum Gasteiger partial charge on any atom is -0.302 e. The summed E-state index contributed by atoms with van der Waals surface area (Å²) in [6.07, 6.45) is 18.9. The average Bonchev–Trinajstić information content (AvgIpc) is 2.79. The summed E-state index contributed by atoms with van der Waals surface area (Å²) in [5.74, 6) is 2.32. The Morgan fingerprint density at radius 3 is 2.24 bits per heavy atom. The summed E-state index contributed by atoms with van der Waals surface area (Å²) in [5.41, 5.74) is 2.65. The standard InChI is InChI=1S/C27H37NO/c1-2-3-4-6-22-7-9-23(10-8-22)24-11-13-25(14-12-24)26-15-18-27(21-29,19-16-26)17-5-20-28/h5,7-10,17,21,24-26H,2-4,6,11-16,18-19H2,1H3. The van der Waals surface area contributed by atoms with Crippen molar-refractivity contribution in [2.75, 3.05) is 0 Å². The first-order chi connectivity index (χ1) is 14.2. The Balaban J connectivity index is 1.47. The summed E-state index contributed by atoms with van der Waals surface area (Å²) in [7, 11) is 0. The molecule has 0 bridgehead atoms. The van der Waals surface area contributed by atoms with E-state index in [1.54, 1.807) is 0 Å².